The van der Waals surface area contributed by atoms with Gasteiger partial charge in [-0.05, 0) is 37.0 Å². The molecule has 10 heteroatoms. The van der Waals surface area contributed by atoms with Crippen LogP contribution in [0.25, 0.3) is 0 Å². The van der Waals surface area contributed by atoms with Crippen LogP contribution >= 0.6 is 0 Å². The zero-order chi connectivity index (χ0) is 21.8. The van der Waals surface area contributed by atoms with E-state index in [-0.39, 0.29) is 17.9 Å². The number of carbonyl (C=O) groups excluding carboxylic acids is 1. The Kier molecular flexibility index (Phi) is 6.26. The number of amidine groups is 1. The lowest BCUT2D eigenvalue weighted by Gasteiger charge is -2.29. The van der Waals surface area contributed by atoms with Crippen molar-refractivity contribution in [3.05, 3.63) is 54.4 Å². The maximum Gasteiger partial charge on any atom is 0.321 e. The van der Waals surface area contributed by atoms with Crippen molar-refractivity contribution < 1.29 is 14.3 Å². The fraction of sp³-hybridized carbons (Fsp3) is 0.429. The number of halogens is 1. The molecule has 4 rings (SSSR count). The lowest BCUT2D eigenvalue weighted by Crippen LogP contribution is -2.38. The van der Waals surface area contributed by atoms with Gasteiger partial charge in [0.2, 0.25) is 0 Å². The Labute approximate surface area is 180 Å². The normalized spacial score (nSPS) is 23.5. The van der Waals surface area contributed by atoms with E-state index in [2.05, 4.69) is 31.9 Å². The third-order valence-electron chi connectivity index (χ3n) is 5.51. The molecule has 0 saturated carbocycles. The van der Waals surface area contributed by atoms with Gasteiger partial charge < -0.3 is 20.2 Å². The van der Waals surface area contributed by atoms with Gasteiger partial charge in [-0.15, -0.1) is 0 Å². The minimum absolute atomic E-state index is 0.0562. The average Bonchev–Trinajstić information content (AvgIpc) is 3.42. The maximum atomic E-state index is 13.6. The molecule has 2 amide bonds. The molecule has 1 aromatic heterocycles. The molecule has 0 bridgehead atoms. The fourth-order valence-electron chi connectivity index (χ4n) is 3.98. The highest BCUT2D eigenvalue weighted by Crippen LogP contribution is 2.32. The van der Waals surface area contributed by atoms with E-state index in [1.54, 1.807) is 16.1 Å². The van der Waals surface area contributed by atoms with E-state index in [1.165, 1.54) is 18.5 Å². The van der Waals surface area contributed by atoms with Crippen LogP contribution in [0.5, 0.6) is 0 Å². The second-order valence-corrected chi connectivity index (χ2v) is 7.79. The summed E-state index contributed by atoms with van der Waals surface area (Å²) in [5.74, 6) is 0.497. The molecule has 1 aromatic rings. The third-order valence-corrected chi connectivity index (χ3v) is 5.51. The molecule has 2 saturated heterocycles. The van der Waals surface area contributed by atoms with Crippen molar-refractivity contribution >= 4 is 18.1 Å². The summed E-state index contributed by atoms with van der Waals surface area (Å²) in [4.78, 5) is 24.4. The number of allylic oxidation sites excluding steroid dienone is 1. The summed E-state index contributed by atoms with van der Waals surface area (Å²) in [5, 5.41) is 18.1. The molecule has 3 aliphatic rings. The Morgan fingerprint density at radius 1 is 1.35 bits per heavy atom. The summed E-state index contributed by atoms with van der Waals surface area (Å²) in [7, 11) is 0. The first-order chi connectivity index (χ1) is 15.0. The fourth-order valence-corrected chi connectivity index (χ4v) is 3.98. The van der Waals surface area contributed by atoms with Gasteiger partial charge in [-0.3, -0.25) is 9.99 Å². The molecule has 0 aliphatic carbocycles. The first kappa shape index (κ1) is 21.0. The van der Waals surface area contributed by atoms with Gasteiger partial charge in [-0.25, -0.2) is 14.2 Å². The van der Waals surface area contributed by atoms with Crippen molar-refractivity contribution in [3.8, 4) is 0 Å². The van der Waals surface area contributed by atoms with E-state index in [9.17, 15) is 14.3 Å². The van der Waals surface area contributed by atoms with Crippen LogP contribution < -0.4 is 5.32 Å². The Hall–Kier alpha value is -3.27. The number of hydrazone groups is 1. The molecule has 2 N–H and O–H groups in total. The SMILES string of the molecule is C=C(/C=N\N1C=CC(N2CCC[C@@H]2c2cncc(F)c2)=NC1)NC(=O)N1CC[C@@H](O)C1. The molecule has 4 heterocycles. The third kappa shape index (κ3) is 5.08. The predicted molar refractivity (Wildman–Crippen MR) is 115 cm³/mol. The summed E-state index contributed by atoms with van der Waals surface area (Å²) in [5.41, 5.74) is 1.21. The summed E-state index contributed by atoms with van der Waals surface area (Å²) in [6.45, 7) is 5.82. The van der Waals surface area contributed by atoms with Crippen LogP contribution in [0.15, 0.2) is 53.1 Å². The lowest BCUT2D eigenvalue weighted by atomic mass is 10.1. The van der Waals surface area contributed by atoms with E-state index < -0.39 is 6.10 Å². The number of aromatic nitrogens is 1. The minimum Gasteiger partial charge on any atom is -0.391 e. The number of carbonyl (C=O) groups is 1. The van der Waals surface area contributed by atoms with E-state index >= 15 is 0 Å². The van der Waals surface area contributed by atoms with Crippen molar-refractivity contribution in [1.29, 1.82) is 0 Å². The molecule has 0 spiro atoms. The van der Waals surface area contributed by atoms with Gasteiger partial charge in [0.15, 0.2) is 0 Å². The Balaban J connectivity index is 1.30. The molecular formula is C21H26FN7O2. The smallest absolute Gasteiger partial charge is 0.321 e. The summed E-state index contributed by atoms with van der Waals surface area (Å²) in [6, 6.07) is 1.29. The summed E-state index contributed by atoms with van der Waals surface area (Å²) >= 11 is 0. The van der Waals surface area contributed by atoms with Crippen molar-refractivity contribution in [2.75, 3.05) is 26.3 Å². The van der Waals surface area contributed by atoms with E-state index in [0.717, 1.165) is 30.8 Å². The maximum absolute atomic E-state index is 13.6. The number of rotatable bonds is 4. The molecule has 2 atom stereocenters. The van der Waals surface area contributed by atoms with Gasteiger partial charge in [-0.2, -0.15) is 5.10 Å². The quantitative estimate of drug-likeness (QED) is 0.715. The summed E-state index contributed by atoms with van der Waals surface area (Å²) in [6.07, 6.45) is 10.1. The monoisotopic (exact) mass is 427 g/mol. The van der Waals surface area contributed by atoms with Gasteiger partial charge >= 0.3 is 6.03 Å². The second kappa shape index (κ2) is 9.25. The van der Waals surface area contributed by atoms with Gasteiger partial charge in [0.1, 0.15) is 18.3 Å². The number of β-amino-alcohol motifs (C(OH)–C–C–N with tert-alkyl or cyclic N) is 1. The largest absolute Gasteiger partial charge is 0.391 e. The zero-order valence-corrected chi connectivity index (χ0v) is 17.2. The first-order valence-corrected chi connectivity index (χ1v) is 10.3. The van der Waals surface area contributed by atoms with Crippen LogP contribution in [0.3, 0.4) is 0 Å². The topological polar surface area (TPSA) is 96.7 Å². The molecule has 0 unspecified atom stereocenters. The number of hydrogen-bond acceptors (Lipinski definition) is 7. The van der Waals surface area contributed by atoms with Crippen LogP contribution in [-0.2, 0) is 0 Å². The number of urea groups is 1. The van der Waals surface area contributed by atoms with E-state index in [0.29, 0.717) is 31.9 Å². The van der Waals surface area contributed by atoms with E-state index in [4.69, 9.17) is 0 Å². The lowest BCUT2D eigenvalue weighted by molar-refractivity contribution is 0.173. The molecule has 2 fully saturated rings. The number of hydrogen-bond donors (Lipinski definition) is 2. The number of likely N-dealkylation sites (tertiary alicyclic amines) is 2. The summed E-state index contributed by atoms with van der Waals surface area (Å²) < 4.78 is 13.6. The number of aliphatic imine (C=N–C) groups is 1. The molecule has 164 valence electrons. The van der Waals surface area contributed by atoms with Crippen LogP contribution in [0.4, 0.5) is 9.18 Å². The minimum atomic E-state index is -0.467. The Bertz CT molecular complexity index is 932. The number of amides is 2. The van der Waals surface area contributed by atoms with E-state index in [1.807, 2.05) is 12.3 Å². The molecular weight excluding hydrogens is 401 g/mol. The Morgan fingerprint density at radius 2 is 2.23 bits per heavy atom. The highest BCUT2D eigenvalue weighted by Gasteiger charge is 2.29. The number of pyridine rings is 1. The number of aliphatic hydroxyl groups is 1. The molecule has 3 aliphatic heterocycles. The van der Waals surface area contributed by atoms with Crippen LogP contribution in [0.2, 0.25) is 0 Å². The molecule has 0 radical (unpaired) electrons. The number of aliphatic hydroxyl groups excluding tert-OH is 1. The first-order valence-electron chi connectivity index (χ1n) is 10.3. The zero-order valence-electron chi connectivity index (χ0n) is 17.2. The van der Waals surface area contributed by atoms with Gasteiger partial charge in [-0.1, -0.05) is 6.58 Å². The Morgan fingerprint density at radius 3 is 2.94 bits per heavy atom. The van der Waals surface area contributed by atoms with Gasteiger partial charge in [0.25, 0.3) is 0 Å². The van der Waals surface area contributed by atoms with Crippen LogP contribution in [0.1, 0.15) is 30.9 Å². The van der Waals surface area contributed by atoms with Crippen molar-refractivity contribution in [3.63, 3.8) is 0 Å². The predicted octanol–water partition coefficient (Wildman–Crippen LogP) is 1.82. The highest BCUT2D eigenvalue weighted by atomic mass is 19.1. The average molecular weight is 427 g/mol. The van der Waals surface area contributed by atoms with Crippen molar-refractivity contribution in [2.24, 2.45) is 10.1 Å². The molecule has 9 nitrogen and oxygen atoms in total. The van der Waals surface area contributed by atoms with Crippen LogP contribution in [0, 0.1) is 5.82 Å². The number of nitrogens with one attached hydrogen (secondary N) is 1. The van der Waals surface area contributed by atoms with Gasteiger partial charge in [0, 0.05) is 32.0 Å². The van der Waals surface area contributed by atoms with Gasteiger partial charge in [0.05, 0.1) is 30.3 Å². The molecule has 0 aromatic carbocycles. The molecule has 31 heavy (non-hydrogen) atoms. The van der Waals surface area contributed by atoms with Crippen molar-refractivity contribution in [1.82, 2.24) is 25.1 Å². The van der Waals surface area contributed by atoms with Crippen molar-refractivity contribution in [2.45, 2.75) is 31.4 Å². The number of nitrogens with zero attached hydrogens (tertiary/aromatic N) is 6. The highest BCUT2D eigenvalue weighted by molar-refractivity contribution is 5.94. The second-order valence-electron chi connectivity index (χ2n) is 7.79. The standard InChI is InChI=1S/C21H26FN7O2/c1-15(26-21(31)27-7-4-18(30)13-27)10-25-28-8-5-20(24-14-28)29-6-2-3-19(29)16-9-17(22)12-23-11-16/h5,8-12,18-19,30H,1-4,6-7,13-14H2,(H,26,31)/b25-10-/t18-,19-/m1/s1. The van der Waals surface area contributed by atoms with Crippen LogP contribution in [-0.4, -0.2) is 75.4 Å².